The zero-order chi connectivity index (χ0) is 80.4. The van der Waals surface area contributed by atoms with Crippen LogP contribution in [-0.2, 0) is 52.5 Å². The number of nitrogens with one attached hydrogen (secondary N) is 3. The summed E-state index contributed by atoms with van der Waals surface area (Å²) in [5.41, 5.74) is -1.65. The highest BCUT2D eigenvalue weighted by atomic mass is 32.2. The number of H-pyrrole nitrogens is 1. The number of aromatic nitrogens is 1. The van der Waals surface area contributed by atoms with Crippen molar-refractivity contribution in [1.82, 2.24) is 10.3 Å². The zero-order valence-electron chi connectivity index (χ0n) is 69.8. The molecule has 2 heterocycles. The predicted molar refractivity (Wildman–Crippen MR) is 435 cm³/mol. The minimum atomic E-state index is -1.22. The summed E-state index contributed by atoms with van der Waals surface area (Å²) < 4.78 is 25.6. The number of anilines is 1. The van der Waals surface area contributed by atoms with Crippen molar-refractivity contribution >= 4 is 88.9 Å². The molecule has 5 N–H and O–H groups in total. The number of nitrogens with zero attached hydrogens (tertiary/aromatic N) is 1. The average Bonchev–Trinajstić information content (AvgIpc) is 1.70. The lowest BCUT2D eigenvalue weighted by Crippen LogP contribution is -2.50. The Labute approximate surface area is 651 Å². The number of esters is 4. The monoisotopic (exact) mass is 1530 g/mol. The van der Waals surface area contributed by atoms with Gasteiger partial charge < -0.3 is 44.8 Å². The first-order chi connectivity index (χ1) is 49.9. The Hall–Kier alpha value is -5.89. The molecule has 18 nitrogen and oxygen atoms in total. The number of aliphatic imine (C=N–C) groups is 1. The van der Waals surface area contributed by atoms with Crippen LogP contribution in [0.1, 0.15) is 297 Å². The molecule has 20 heteroatoms. The van der Waals surface area contributed by atoms with Gasteiger partial charge in [-0.05, 0) is 160 Å². The molecular weight excluding hydrogens is 1390 g/mol. The van der Waals surface area contributed by atoms with Gasteiger partial charge in [-0.25, -0.2) is 14.6 Å². The van der Waals surface area contributed by atoms with Crippen molar-refractivity contribution in [2.24, 2.45) is 84.3 Å². The molecule has 0 bridgehead atoms. The van der Waals surface area contributed by atoms with Crippen molar-refractivity contribution in [3.8, 4) is 11.1 Å². The van der Waals surface area contributed by atoms with E-state index in [4.69, 9.17) is 23.9 Å². The van der Waals surface area contributed by atoms with E-state index in [9.17, 15) is 29.4 Å². The van der Waals surface area contributed by atoms with Gasteiger partial charge in [-0.3, -0.25) is 28.8 Å². The van der Waals surface area contributed by atoms with Crippen LogP contribution in [0.5, 0.6) is 0 Å². The second-order valence-corrected chi connectivity index (χ2v) is 38.9. The Morgan fingerprint density at radius 1 is 0.617 bits per heavy atom. The maximum absolute atomic E-state index is 16.2. The number of ether oxygens (including phenoxy) is 4. The van der Waals surface area contributed by atoms with E-state index in [1.165, 1.54) is 31.0 Å². The molecule has 0 spiro atoms. The summed E-state index contributed by atoms with van der Waals surface area (Å²) in [4.78, 5) is 122. The Morgan fingerprint density at radius 2 is 1.09 bits per heavy atom. The lowest BCUT2D eigenvalue weighted by atomic mass is 9.59. The van der Waals surface area contributed by atoms with Crippen molar-refractivity contribution in [3.05, 3.63) is 58.4 Å². The fourth-order valence-electron chi connectivity index (χ4n) is 16.5. The molecule has 2 amide bonds. The minimum absolute atomic E-state index is 0.0161. The molecule has 0 saturated heterocycles. The number of carboxylic acid groups (broad SMARTS) is 2. The third-order valence-electron chi connectivity index (χ3n) is 23.4. The third-order valence-corrected chi connectivity index (χ3v) is 26.1. The number of rotatable bonds is 38. The number of hydrogen-bond donors (Lipinski definition) is 5. The van der Waals surface area contributed by atoms with Crippen LogP contribution in [-0.4, -0.2) is 117 Å². The number of unbranched alkanes of at least 4 members (excludes halogenated alkanes) is 5. The quantitative estimate of drug-likeness (QED) is 0.0238. The summed E-state index contributed by atoms with van der Waals surface area (Å²) in [6.45, 7) is 48.8. The number of thioether (sulfide) groups is 2. The molecule has 1 aromatic heterocycles. The second-order valence-electron chi connectivity index (χ2n) is 36.6. The molecule has 2 saturated carbocycles. The molecule has 3 aliphatic rings. The highest BCUT2D eigenvalue weighted by Crippen LogP contribution is 2.53. The van der Waals surface area contributed by atoms with Gasteiger partial charge in [0.15, 0.2) is 0 Å². The summed E-state index contributed by atoms with van der Waals surface area (Å²) in [6.07, 6.45) is 13.0. The number of benzene rings is 1. The highest BCUT2D eigenvalue weighted by Gasteiger charge is 2.52. The van der Waals surface area contributed by atoms with Crippen molar-refractivity contribution in [3.63, 3.8) is 0 Å². The summed E-state index contributed by atoms with van der Waals surface area (Å²) in [6, 6.07) is 9.41. The van der Waals surface area contributed by atoms with Gasteiger partial charge in [0.05, 0.1) is 42.2 Å². The van der Waals surface area contributed by atoms with Crippen LogP contribution in [0, 0.1) is 79.3 Å². The van der Waals surface area contributed by atoms with Gasteiger partial charge in [0.25, 0.3) is 0 Å². The van der Waals surface area contributed by atoms with E-state index >= 15 is 19.2 Å². The largest absolute Gasteiger partial charge is 0.481 e. The number of carbonyl (C=O) groups excluding carboxylic acids is 6. The maximum atomic E-state index is 16.2. The maximum Gasteiger partial charge on any atom is 0.342 e. The van der Waals surface area contributed by atoms with E-state index in [-0.39, 0.29) is 104 Å². The molecule has 107 heavy (non-hydrogen) atoms. The Bertz CT molecular complexity index is 3370. The molecule has 1 aromatic carbocycles. The van der Waals surface area contributed by atoms with Crippen LogP contribution < -0.4 is 10.6 Å². The number of hydrogen-bond acceptors (Lipinski definition) is 15. The lowest BCUT2D eigenvalue weighted by Gasteiger charge is -2.50. The van der Waals surface area contributed by atoms with Gasteiger partial charge in [-0.2, -0.15) is 0 Å². The average molecular weight is 1530 g/mol. The van der Waals surface area contributed by atoms with E-state index in [1.54, 1.807) is 19.9 Å². The van der Waals surface area contributed by atoms with Crippen molar-refractivity contribution in [2.75, 3.05) is 35.8 Å². The number of carbonyl (C=O) groups is 8. The first-order valence-electron chi connectivity index (χ1n) is 40.2. The standard InChI is InChI=1S/C87H138N4O14S2/c1-24-29-30-31-32-36-43-102-66(94)52-106-53-85(22,23)80(101)103-44-37-41-86(25-2,26-3)78(99)90-73-69(76(97)104-71-58(81(10,11)12)46-55(8)47-59(71)82(13,14)15)67(54(6)7)62(88-73)50-63-68(57-39-34-33-35-40-57)70(77(98)105-72-60(83(16,17)18)48-56(9)49-61(72)84(19,20)21)74(89-63)91-79(100)87(27-4,28-5)42-38-45-107-64(75(95)96)51-65(92)93/h33-35,39-40,50,54-56,58-61,64,71-72,89H,24-32,36-38,41-49,51-53H2,1-23H3,(H,91,100)(H,92,93)(H,95,96)(H,88,90,99). The van der Waals surface area contributed by atoms with Gasteiger partial charge in [-0.1, -0.05) is 208 Å². The Morgan fingerprint density at radius 3 is 1.57 bits per heavy atom. The van der Waals surface area contributed by atoms with Crippen molar-refractivity contribution < 1.29 is 67.5 Å². The van der Waals surface area contributed by atoms with Crippen LogP contribution in [0.4, 0.5) is 5.82 Å². The predicted octanol–water partition coefficient (Wildman–Crippen LogP) is 20.4. The molecule has 2 aromatic rings. The van der Waals surface area contributed by atoms with Gasteiger partial charge in [0, 0.05) is 45.8 Å². The first-order valence-corrected chi connectivity index (χ1v) is 42.5. The Kier molecular flexibility index (Phi) is 34.1. The minimum Gasteiger partial charge on any atom is -0.481 e. The number of amides is 2. The van der Waals surface area contributed by atoms with E-state index < -0.39 is 75.9 Å². The molecular formula is C87H138N4O14S2. The van der Waals surface area contributed by atoms with Gasteiger partial charge >= 0.3 is 35.8 Å². The van der Waals surface area contributed by atoms with Crippen LogP contribution >= 0.6 is 23.5 Å². The van der Waals surface area contributed by atoms with Crippen molar-refractivity contribution in [2.45, 2.75) is 299 Å². The van der Waals surface area contributed by atoms with E-state index in [0.29, 0.717) is 104 Å². The molecule has 2 aliphatic carbocycles. The normalized spacial score (nSPS) is 21.2. The summed E-state index contributed by atoms with van der Waals surface area (Å²) >= 11 is 2.37. The van der Waals surface area contributed by atoms with Crippen LogP contribution in [0.25, 0.3) is 17.2 Å². The van der Waals surface area contributed by atoms with Gasteiger partial charge in [0.1, 0.15) is 40.2 Å². The lowest BCUT2D eigenvalue weighted by molar-refractivity contribution is -0.164. The molecule has 5 atom stereocenters. The van der Waals surface area contributed by atoms with E-state index in [1.807, 2.05) is 71.9 Å². The fourth-order valence-corrected chi connectivity index (χ4v) is 18.4. The Balaban J connectivity index is 1.71. The van der Waals surface area contributed by atoms with Crippen LogP contribution in [0.15, 0.2) is 52.2 Å². The van der Waals surface area contributed by atoms with Gasteiger partial charge in [0.2, 0.25) is 11.8 Å². The molecule has 5 unspecified atom stereocenters. The van der Waals surface area contributed by atoms with E-state index in [2.05, 4.69) is 119 Å². The SMILES string of the molecule is CCCCCCCCOC(=O)CSCC(C)(C)C(=O)OCCCC(CC)(CC)C(=O)NC1=NC(=Cc2[nH]c(NC(=O)C(CC)(CC)CCCSC(CC(=O)O)C(=O)O)c(C(=O)OC3C(C(C)(C)C)CC(C)CC3C(C)(C)C)c2-c2ccccc2)C(C(C)C)=C1C(=O)OC1C(C(C)(C)C)CC(C)CC1C(C)(C)C. The summed E-state index contributed by atoms with van der Waals surface area (Å²) in [5, 5.41) is 24.7. The molecule has 1 aliphatic heterocycles. The smallest absolute Gasteiger partial charge is 0.342 e. The number of amidine groups is 1. The second kappa shape index (κ2) is 39.8. The topological polar surface area (TPSA) is 266 Å². The molecule has 5 rings (SSSR count). The number of aromatic amines is 1. The van der Waals surface area contributed by atoms with Crippen LogP contribution in [0.3, 0.4) is 0 Å². The summed E-state index contributed by atoms with van der Waals surface area (Å²) in [5.74, 6) is -4.17. The summed E-state index contributed by atoms with van der Waals surface area (Å²) in [7, 11) is 0. The van der Waals surface area contributed by atoms with E-state index in [0.717, 1.165) is 56.7 Å². The molecule has 602 valence electrons. The molecule has 0 radical (unpaired) electrons. The zero-order valence-corrected chi connectivity index (χ0v) is 71.4. The van der Waals surface area contributed by atoms with Gasteiger partial charge in [-0.15, -0.1) is 23.5 Å². The fraction of sp³-hybridized carbons (Fsp3) is 0.736. The number of carboxylic acids is 2. The third kappa shape index (κ3) is 25.1. The highest BCUT2D eigenvalue weighted by molar-refractivity contribution is 8.00. The van der Waals surface area contributed by atoms with Crippen molar-refractivity contribution in [1.29, 1.82) is 0 Å². The van der Waals surface area contributed by atoms with Crippen LogP contribution in [0.2, 0.25) is 0 Å². The molecule has 2 fully saturated rings. The number of aliphatic carboxylic acids is 2. The number of allylic oxidation sites excluding steroid dienone is 1. The first kappa shape index (κ1) is 91.7.